The van der Waals surface area contributed by atoms with Crippen molar-refractivity contribution in [3.8, 4) is 11.6 Å². The molecule has 0 fully saturated rings. The molecule has 0 saturated carbocycles. The molecule has 25 heavy (non-hydrogen) atoms. The van der Waals surface area contributed by atoms with Gasteiger partial charge in [0, 0.05) is 16.8 Å². The molecule has 4 rings (SSSR count). The second-order valence-electron chi connectivity index (χ2n) is 5.90. The van der Waals surface area contributed by atoms with E-state index >= 15 is 0 Å². The van der Waals surface area contributed by atoms with Gasteiger partial charge in [-0.05, 0) is 36.8 Å². The molecule has 1 atom stereocenters. The molecule has 0 aliphatic carbocycles. The van der Waals surface area contributed by atoms with Gasteiger partial charge >= 0.3 is 0 Å². The molecule has 1 aromatic carbocycles. The van der Waals surface area contributed by atoms with Crippen molar-refractivity contribution in [3.05, 3.63) is 76.7 Å². The predicted molar refractivity (Wildman–Crippen MR) is 98.1 cm³/mol. The summed E-state index contributed by atoms with van der Waals surface area (Å²) in [6.07, 6.45) is 1.70. The van der Waals surface area contributed by atoms with E-state index in [0.29, 0.717) is 10.9 Å². The molecule has 0 amide bonds. The lowest BCUT2D eigenvalue weighted by molar-refractivity contribution is 0.394. The number of nitrogens with one attached hydrogen (secondary N) is 1. The van der Waals surface area contributed by atoms with Crippen LogP contribution in [0.2, 0.25) is 5.02 Å². The Bertz CT molecular complexity index is 962. The molecule has 0 saturated heterocycles. The first-order valence-electron chi connectivity index (χ1n) is 7.90. The van der Waals surface area contributed by atoms with E-state index in [1.54, 1.807) is 13.3 Å². The van der Waals surface area contributed by atoms with Crippen molar-refractivity contribution >= 4 is 17.3 Å². The predicted octanol–water partition coefficient (Wildman–Crippen LogP) is 3.90. The number of pyridine rings is 1. The van der Waals surface area contributed by atoms with Crippen molar-refractivity contribution in [1.82, 2.24) is 20.1 Å². The lowest BCUT2D eigenvalue weighted by atomic mass is 10.0. The molecule has 6 heteroatoms. The second-order valence-corrected chi connectivity index (χ2v) is 6.34. The van der Waals surface area contributed by atoms with Gasteiger partial charge in [0.25, 0.3) is 0 Å². The average molecular weight is 353 g/mol. The monoisotopic (exact) mass is 352 g/mol. The highest BCUT2D eigenvalue weighted by Gasteiger charge is 2.33. The van der Waals surface area contributed by atoms with Crippen molar-refractivity contribution < 1.29 is 4.74 Å². The number of hydrogen-bond acceptors (Lipinski definition) is 4. The summed E-state index contributed by atoms with van der Waals surface area (Å²) in [5.74, 6) is 0.524. The SMILES string of the molecule is C=C1NC(c2ccc(Cl)cc2)c2c(C)nn(-c3cccnc3OC)c21. The number of hydrogen-bond donors (Lipinski definition) is 1. The van der Waals surface area contributed by atoms with Gasteiger partial charge in [0.2, 0.25) is 5.88 Å². The van der Waals surface area contributed by atoms with Gasteiger partial charge in [-0.15, -0.1) is 0 Å². The van der Waals surface area contributed by atoms with Gasteiger partial charge in [0.05, 0.1) is 30.2 Å². The van der Waals surface area contributed by atoms with E-state index in [0.717, 1.165) is 33.9 Å². The van der Waals surface area contributed by atoms with Crippen molar-refractivity contribution in [2.24, 2.45) is 0 Å². The number of aromatic nitrogens is 3. The van der Waals surface area contributed by atoms with Gasteiger partial charge in [-0.2, -0.15) is 5.10 Å². The minimum atomic E-state index is -0.00353. The van der Waals surface area contributed by atoms with Crippen LogP contribution in [0.15, 0.2) is 49.2 Å². The summed E-state index contributed by atoms with van der Waals surface area (Å²) in [7, 11) is 1.60. The minimum Gasteiger partial charge on any atom is -0.479 e. The fraction of sp³-hybridized carbons (Fsp3) is 0.158. The van der Waals surface area contributed by atoms with E-state index in [1.165, 1.54) is 0 Å². The third-order valence-electron chi connectivity index (χ3n) is 4.38. The molecule has 1 aliphatic heterocycles. The van der Waals surface area contributed by atoms with E-state index in [-0.39, 0.29) is 6.04 Å². The van der Waals surface area contributed by atoms with Crippen molar-refractivity contribution in [2.75, 3.05) is 7.11 Å². The Morgan fingerprint density at radius 3 is 2.72 bits per heavy atom. The maximum atomic E-state index is 6.02. The van der Waals surface area contributed by atoms with Crippen LogP contribution < -0.4 is 10.1 Å². The highest BCUT2D eigenvalue weighted by Crippen LogP contribution is 2.40. The van der Waals surface area contributed by atoms with Crippen molar-refractivity contribution in [1.29, 1.82) is 0 Å². The topological polar surface area (TPSA) is 52.0 Å². The smallest absolute Gasteiger partial charge is 0.239 e. The molecular weight excluding hydrogens is 336 g/mol. The lowest BCUT2D eigenvalue weighted by Gasteiger charge is -2.13. The quantitative estimate of drug-likeness (QED) is 0.776. The van der Waals surface area contributed by atoms with E-state index in [4.69, 9.17) is 21.4 Å². The molecule has 5 nitrogen and oxygen atoms in total. The molecule has 1 aliphatic rings. The van der Waals surface area contributed by atoms with Gasteiger partial charge in [-0.3, -0.25) is 0 Å². The first-order chi connectivity index (χ1) is 12.1. The molecular formula is C19H17ClN4O. The van der Waals surface area contributed by atoms with Gasteiger partial charge in [-0.1, -0.05) is 30.3 Å². The molecule has 0 bridgehead atoms. The van der Waals surface area contributed by atoms with Crippen LogP contribution in [-0.4, -0.2) is 21.9 Å². The van der Waals surface area contributed by atoms with Crippen LogP contribution in [0, 0.1) is 6.92 Å². The molecule has 126 valence electrons. The van der Waals surface area contributed by atoms with Crippen LogP contribution >= 0.6 is 11.6 Å². The Morgan fingerprint density at radius 1 is 1.24 bits per heavy atom. The molecule has 2 aromatic heterocycles. The summed E-state index contributed by atoms with van der Waals surface area (Å²) < 4.78 is 7.24. The summed E-state index contributed by atoms with van der Waals surface area (Å²) in [5.41, 5.74) is 5.72. The summed E-state index contributed by atoms with van der Waals surface area (Å²) in [4.78, 5) is 4.27. The zero-order chi connectivity index (χ0) is 17.6. The summed E-state index contributed by atoms with van der Waals surface area (Å²) in [6.45, 7) is 6.19. The highest BCUT2D eigenvalue weighted by molar-refractivity contribution is 6.30. The number of fused-ring (bicyclic) bond motifs is 1. The fourth-order valence-corrected chi connectivity index (χ4v) is 3.40. The maximum Gasteiger partial charge on any atom is 0.239 e. The third kappa shape index (κ3) is 2.48. The van der Waals surface area contributed by atoms with E-state index < -0.39 is 0 Å². The number of rotatable bonds is 3. The maximum absolute atomic E-state index is 6.02. The Labute approximate surface area is 150 Å². The second kappa shape index (κ2) is 5.93. The highest BCUT2D eigenvalue weighted by atomic mass is 35.5. The Balaban J connectivity index is 1.88. The Kier molecular flexibility index (Phi) is 3.73. The summed E-state index contributed by atoms with van der Waals surface area (Å²) >= 11 is 6.02. The van der Waals surface area contributed by atoms with Crippen LogP contribution in [0.25, 0.3) is 11.4 Å². The van der Waals surface area contributed by atoms with Crippen LogP contribution in [0.3, 0.4) is 0 Å². The summed E-state index contributed by atoms with van der Waals surface area (Å²) in [6, 6.07) is 11.6. The molecule has 3 aromatic rings. The number of benzene rings is 1. The van der Waals surface area contributed by atoms with E-state index in [2.05, 4.69) is 16.9 Å². The standard InChI is InChI=1S/C19H17ClN4O/c1-11-16-17(13-6-8-14(20)9-7-13)22-12(2)18(16)24(23-11)15-5-4-10-21-19(15)25-3/h4-10,17,22H,2H2,1,3H3. The number of ether oxygens (including phenoxy) is 1. The molecule has 0 spiro atoms. The van der Waals surface area contributed by atoms with Gasteiger partial charge in [0.15, 0.2) is 0 Å². The number of nitrogens with zero attached hydrogens (tertiary/aromatic N) is 3. The zero-order valence-corrected chi connectivity index (χ0v) is 14.7. The van der Waals surface area contributed by atoms with Crippen LogP contribution in [0.5, 0.6) is 5.88 Å². The number of aryl methyl sites for hydroxylation is 1. The van der Waals surface area contributed by atoms with Crippen LogP contribution in [-0.2, 0) is 0 Å². The molecule has 1 N–H and O–H groups in total. The van der Waals surface area contributed by atoms with Crippen LogP contribution in [0.1, 0.15) is 28.6 Å². The van der Waals surface area contributed by atoms with Crippen LogP contribution in [0.4, 0.5) is 0 Å². The first-order valence-corrected chi connectivity index (χ1v) is 8.28. The normalized spacial score (nSPS) is 15.8. The average Bonchev–Trinajstić information content (AvgIpc) is 3.14. The zero-order valence-electron chi connectivity index (χ0n) is 14.0. The van der Waals surface area contributed by atoms with Gasteiger partial charge in [-0.25, -0.2) is 9.67 Å². The van der Waals surface area contributed by atoms with Crippen molar-refractivity contribution in [3.63, 3.8) is 0 Å². The molecule has 0 radical (unpaired) electrons. The molecule has 3 heterocycles. The fourth-order valence-electron chi connectivity index (χ4n) is 3.27. The third-order valence-corrected chi connectivity index (χ3v) is 4.63. The Hall–Kier alpha value is -2.79. The minimum absolute atomic E-state index is 0.00353. The van der Waals surface area contributed by atoms with E-state index in [1.807, 2.05) is 48.0 Å². The summed E-state index contributed by atoms with van der Waals surface area (Å²) in [5, 5.41) is 8.90. The first kappa shape index (κ1) is 15.7. The lowest BCUT2D eigenvalue weighted by Crippen LogP contribution is -2.14. The molecule has 1 unspecified atom stereocenters. The number of methoxy groups -OCH3 is 1. The largest absolute Gasteiger partial charge is 0.479 e. The van der Waals surface area contributed by atoms with Gasteiger partial charge < -0.3 is 10.1 Å². The number of halogens is 1. The van der Waals surface area contributed by atoms with Gasteiger partial charge in [0.1, 0.15) is 5.69 Å². The Morgan fingerprint density at radius 2 is 2.00 bits per heavy atom. The van der Waals surface area contributed by atoms with E-state index in [9.17, 15) is 0 Å². The van der Waals surface area contributed by atoms with Crippen molar-refractivity contribution in [2.45, 2.75) is 13.0 Å².